The molecule has 0 saturated heterocycles. The van der Waals surface area contributed by atoms with Crippen LogP contribution >= 0.6 is 31.7 Å². The Kier molecular flexibility index (Phi) is 35.0. The summed E-state index contributed by atoms with van der Waals surface area (Å²) in [5.74, 6) is 12.6. The molecule has 0 aliphatic carbocycles. The van der Waals surface area contributed by atoms with Crippen molar-refractivity contribution in [2.45, 2.75) is 52.4 Å². The smallest absolute Gasteiger partial charge is 0.366 e. The van der Waals surface area contributed by atoms with Crippen molar-refractivity contribution in [3.8, 4) is 68.2 Å². The van der Waals surface area contributed by atoms with E-state index in [1.165, 1.54) is 140 Å². The van der Waals surface area contributed by atoms with Crippen LogP contribution in [0.5, 0.6) is 0 Å². The zero-order valence-corrected chi connectivity index (χ0v) is 88.5. The van der Waals surface area contributed by atoms with Crippen molar-refractivity contribution in [3.63, 3.8) is 0 Å². The standard InChI is InChI=1S/2C25H22P2.4C16H13Si.4Au/c2*1-5-13-22(14-6-1)26(23-15-7-2-8-16-23)21-27(24-17-9-3-10-18-24)25-19-11-4-12-20-25;2*1-4-12-8-7-11-15-16(12)13-9-5-6-10-14(13)17(15,2)3;1-4-12-9-10-16-14(11-12)13-7-5-6-8-15(13)17(16,2)3;1-4-12-9-10-14-13-7-5-6-8-15(13)17(2,3)16(14)11-12;;;;/h2*1-20H,21H2;4*5-11H,2-3H3;;;;/q;;4*-1;4*+1/p+4. The first-order valence-corrected chi connectivity index (χ1v) is 60.8. The van der Waals surface area contributed by atoms with Gasteiger partial charge in [-0.2, -0.15) is 0 Å². The molecule has 0 aromatic heterocycles. The Morgan fingerprint density at radius 1 is 0.190 bits per heavy atom. The van der Waals surface area contributed by atoms with Crippen LogP contribution in [0.4, 0.5) is 0 Å². The van der Waals surface area contributed by atoms with Crippen molar-refractivity contribution in [3.05, 3.63) is 460 Å². The van der Waals surface area contributed by atoms with Crippen LogP contribution in [0.25, 0.3) is 44.5 Å². The quantitative estimate of drug-likeness (QED) is 0.0495. The molecule has 16 aromatic carbocycles. The summed E-state index contributed by atoms with van der Waals surface area (Å²) in [7, 11) is -9.55. The molecule has 0 nitrogen and oxygen atoms in total. The fraction of sp³-hybridized carbons (Fsp3) is 0.0877. The predicted molar refractivity (Wildman–Crippen MR) is 551 cm³/mol. The molecule has 16 aromatic rings. The molecule has 4 aliphatic rings. The molecule has 0 unspecified atom stereocenters. The largest absolute Gasteiger partial charge is 1.00 e. The first kappa shape index (κ1) is 97.9. The van der Waals surface area contributed by atoms with E-state index >= 15 is 0 Å². The zero-order chi connectivity index (χ0) is 84.8. The van der Waals surface area contributed by atoms with Gasteiger partial charge in [-0.15, -0.1) is 58.7 Å². The number of hydrogen-bond acceptors (Lipinski definition) is 0. The van der Waals surface area contributed by atoms with E-state index in [1.54, 1.807) is 0 Å². The van der Waals surface area contributed by atoms with Gasteiger partial charge in [-0.25, -0.2) is 0 Å². The number of hydrogen-bond donors (Lipinski definition) is 0. The van der Waals surface area contributed by atoms with E-state index in [1.807, 2.05) is 24.3 Å². The van der Waals surface area contributed by atoms with Crippen LogP contribution in [-0.4, -0.2) is 44.1 Å². The molecule has 126 heavy (non-hydrogen) atoms. The van der Waals surface area contributed by atoms with Gasteiger partial charge < -0.3 is 25.7 Å². The van der Waals surface area contributed by atoms with Crippen molar-refractivity contribution in [1.29, 1.82) is 0 Å². The summed E-state index contributed by atoms with van der Waals surface area (Å²) in [4.78, 5) is 0. The average Bonchev–Trinajstić information content (AvgIpc) is 1.60. The maximum absolute atomic E-state index is 7.45. The molecule has 0 fully saturated rings. The normalized spacial score (nSPS) is 12.8. The maximum Gasteiger partial charge on any atom is 1.00 e. The monoisotopic (exact) mass is 2490 g/mol. The molecule has 20 rings (SSSR count). The Labute approximate surface area is 821 Å². The minimum absolute atomic E-state index is 0. The topological polar surface area (TPSA) is 0 Å². The Morgan fingerprint density at radius 2 is 0.405 bits per heavy atom. The second-order valence-electron chi connectivity index (χ2n) is 33.4. The molecule has 0 radical (unpaired) electrons. The predicted octanol–water partition coefficient (Wildman–Crippen LogP) is 19.0. The van der Waals surface area contributed by atoms with E-state index in [0.29, 0.717) is 0 Å². The maximum atomic E-state index is 7.45. The summed E-state index contributed by atoms with van der Waals surface area (Å²) in [6, 6.07) is 149. The third-order valence-electron chi connectivity index (χ3n) is 24.6. The summed E-state index contributed by atoms with van der Waals surface area (Å²) in [5.41, 5.74) is 14.1. The van der Waals surface area contributed by atoms with E-state index in [4.69, 9.17) is 25.7 Å². The van der Waals surface area contributed by atoms with Crippen molar-refractivity contribution in [2.24, 2.45) is 0 Å². The molecule has 12 heteroatoms. The first-order chi connectivity index (χ1) is 59.4. The van der Waals surface area contributed by atoms with E-state index in [9.17, 15) is 0 Å². The SMILES string of the molecule is [Au+].[Au+].[Au+].[Au+].[C-]#Cc1ccc2c(c1)-c1ccccc1[Si]2(C)C.[C-]#Cc1ccc2c(c1)[Si](C)(C)c1ccccc1-2.[C-]#Cc1cccc2c1-c1ccccc1[Si]2(C)C.[C-]#Cc1cccc2c1-c1ccccc1[Si]2(C)C.c1ccc([PH+](C[PH+](c2ccccc2)c2ccccc2)c2ccccc2)cc1.c1ccc([PH+](C[PH+](c2ccccc2)c2ccccc2)c2ccccc2)cc1. The van der Waals surface area contributed by atoms with E-state index in [2.05, 4.69) is 464 Å². The molecule has 0 spiro atoms. The minimum atomic E-state index is -1.55. The van der Waals surface area contributed by atoms with Gasteiger partial charge in [-0.1, -0.05) is 358 Å². The van der Waals surface area contributed by atoms with Crippen molar-refractivity contribution >= 4 is 148 Å². The third-order valence-corrected chi connectivity index (χ3v) is 52.7. The van der Waals surface area contributed by atoms with Gasteiger partial charge in [0.15, 0.2) is 11.8 Å². The molecular weight excluding hydrogens is 2390 g/mol. The summed E-state index contributed by atoms with van der Waals surface area (Å²) in [6.45, 7) is 19.1. The van der Waals surface area contributed by atoms with Gasteiger partial charge >= 0.3 is 89.5 Å². The van der Waals surface area contributed by atoms with Gasteiger partial charge in [0.2, 0.25) is 0 Å². The Bertz CT molecular complexity index is 5920. The van der Waals surface area contributed by atoms with Crippen LogP contribution in [0.2, 0.25) is 52.4 Å². The van der Waals surface area contributed by atoms with Crippen LogP contribution in [-0.2, 0) is 89.5 Å². The summed E-state index contributed by atoms with van der Waals surface area (Å²) in [6.07, 6.45) is 29.4. The van der Waals surface area contributed by atoms with Crippen LogP contribution in [0, 0.1) is 49.4 Å². The molecule has 0 N–H and O–H groups in total. The molecule has 4 heterocycles. The summed E-state index contributed by atoms with van der Waals surface area (Å²) >= 11 is 0. The van der Waals surface area contributed by atoms with Gasteiger partial charge in [0.25, 0.3) is 0 Å². The van der Waals surface area contributed by atoms with Crippen LogP contribution < -0.4 is 83.9 Å². The number of benzene rings is 16. The van der Waals surface area contributed by atoms with Gasteiger partial charge in [0.05, 0.1) is 0 Å². The second-order valence-corrected chi connectivity index (χ2v) is 61.9. The molecule has 4 aliphatic heterocycles. The minimum Gasteiger partial charge on any atom is -0.366 e. The fourth-order valence-electron chi connectivity index (χ4n) is 18.2. The third kappa shape index (κ3) is 21.4. The Morgan fingerprint density at radius 3 is 0.698 bits per heavy atom. The van der Waals surface area contributed by atoms with E-state index < -0.39 is 64.0 Å². The molecule has 0 amide bonds. The van der Waals surface area contributed by atoms with Gasteiger partial charge in [0.1, 0.15) is 106 Å². The Hall–Kier alpha value is -8.69. The first-order valence-electron chi connectivity index (χ1n) is 42.0. The molecule has 0 bridgehead atoms. The molecule has 0 atom stereocenters. The van der Waals surface area contributed by atoms with E-state index in [0.717, 1.165) is 22.3 Å². The van der Waals surface area contributed by atoms with Crippen molar-refractivity contribution in [2.75, 3.05) is 11.8 Å². The van der Waals surface area contributed by atoms with Gasteiger partial charge in [0, 0.05) is 0 Å². The number of fused-ring (bicyclic) bond motifs is 12. The van der Waals surface area contributed by atoms with Crippen LogP contribution in [0.3, 0.4) is 0 Å². The van der Waals surface area contributed by atoms with Crippen molar-refractivity contribution in [1.82, 2.24) is 0 Å². The molecular formula is C114H100Au4P4Si4+4. The van der Waals surface area contributed by atoms with Crippen LogP contribution in [0.15, 0.2) is 413 Å². The zero-order valence-electron chi connectivity index (χ0n) is 71.9. The summed E-state index contributed by atoms with van der Waals surface area (Å²) < 4.78 is 0. The van der Waals surface area contributed by atoms with Gasteiger partial charge in [-0.3, -0.25) is 23.7 Å². The van der Waals surface area contributed by atoms with Crippen molar-refractivity contribution < 1.29 is 89.5 Å². The van der Waals surface area contributed by atoms with E-state index in [-0.39, 0.29) is 89.5 Å². The fourth-order valence-corrected chi connectivity index (χ4v) is 46.1. The molecule has 0 saturated carbocycles. The second kappa shape index (κ2) is 45.0. The number of rotatable bonds is 12. The molecule has 632 valence electrons. The van der Waals surface area contributed by atoms with Gasteiger partial charge in [-0.05, 0) is 156 Å². The summed E-state index contributed by atoms with van der Waals surface area (Å²) in [5, 5.41) is 23.8. The average molecular weight is 2490 g/mol. The Balaban J connectivity index is 0.000000148. The van der Waals surface area contributed by atoms with Crippen LogP contribution in [0.1, 0.15) is 22.3 Å².